The number of allylic oxidation sites excluding steroid dienone is 1. The van der Waals surface area contributed by atoms with E-state index < -0.39 is 0 Å². The first-order valence-electron chi connectivity index (χ1n) is 7.99. The third-order valence-corrected chi connectivity index (χ3v) is 6.45. The third-order valence-electron chi connectivity index (χ3n) is 3.72. The molecule has 0 amide bonds. The molecule has 150 valence electrons. The van der Waals surface area contributed by atoms with Crippen molar-refractivity contribution in [3.8, 4) is 5.75 Å². The Morgan fingerprint density at radius 3 is 2.28 bits per heavy atom. The fraction of sp³-hybridized carbons (Fsp3) is 0.0500. The summed E-state index contributed by atoms with van der Waals surface area (Å²) in [5.41, 5.74) is 0.562. The molecule has 0 bridgehead atoms. The van der Waals surface area contributed by atoms with Crippen LogP contribution in [0.3, 0.4) is 0 Å². The molecular weight excluding hydrogens is 545 g/mol. The molecule has 1 heterocycles. The van der Waals surface area contributed by atoms with Crippen molar-refractivity contribution in [2.24, 2.45) is 0 Å². The van der Waals surface area contributed by atoms with Crippen LogP contribution in [0.2, 0.25) is 25.1 Å². The van der Waals surface area contributed by atoms with Crippen LogP contribution in [-0.2, 0) is 6.61 Å². The molecule has 0 spiro atoms. The quantitative estimate of drug-likeness (QED) is 0.132. The van der Waals surface area contributed by atoms with Gasteiger partial charge in [0.15, 0.2) is 11.5 Å². The van der Waals surface area contributed by atoms with Gasteiger partial charge in [0.25, 0.3) is 0 Å². The molecular formula is C20H10BrCl5O3. The van der Waals surface area contributed by atoms with Crippen LogP contribution >= 0.6 is 73.9 Å². The fourth-order valence-electron chi connectivity index (χ4n) is 2.31. The van der Waals surface area contributed by atoms with E-state index in [2.05, 4.69) is 15.9 Å². The van der Waals surface area contributed by atoms with Crippen LogP contribution in [0.4, 0.5) is 0 Å². The summed E-state index contributed by atoms with van der Waals surface area (Å²) in [4.78, 5) is 12.2. The highest BCUT2D eigenvalue weighted by molar-refractivity contribution is 9.10. The Hall–Kier alpha value is -1.14. The maximum Gasteiger partial charge on any atom is 0.186 e. The maximum absolute atomic E-state index is 12.2. The van der Waals surface area contributed by atoms with Crippen LogP contribution in [0.1, 0.15) is 21.9 Å². The largest absolute Gasteiger partial charge is 0.482 e. The van der Waals surface area contributed by atoms with E-state index in [-0.39, 0.29) is 43.3 Å². The Labute approximate surface area is 200 Å². The van der Waals surface area contributed by atoms with E-state index in [9.17, 15) is 4.79 Å². The van der Waals surface area contributed by atoms with Crippen LogP contribution < -0.4 is 4.74 Å². The number of carbonyl (C=O) groups is 1. The number of ether oxygens (including phenoxy) is 1. The summed E-state index contributed by atoms with van der Waals surface area (Å²) in [7, 11) is 0. The Balaban J connectivity index is 1.69. The summed E-state index contributed by atoms with van der Waals surface area (Å²) in [6.07, 6.45) is 3.00. The molecule has 29 heavy (non-hydrogen) atoms. The van der Waals surface area contributed by atoms with Crippen LogP contribution in [0.15, 0.2) is 51.4 Å². The van der Waals surface area contributed by atoms with Gasteiger partial charge in [-0.2, -0.15) is 0 Å². The molecule has 2 aromatic carbocycles. The van der Waals surface area contributed by atoms with E-state index in [0.717, 1.165) is 4.47 Å². The zero-order valence-electron chi connectivity index (χ0n) is 14.3. The van der Waals surface area contributed by atoms with Crippen molar-refractivity contribution in [3.63, 3.8) is 0 Å². The van der Waals surface area contributed by atoms with Crippen molar-refractivity contribution in [3.05, 3.63) is 89.1 Å². The summed E-state index contributed by atoms with van der Waals surface area (Å²) in [6, 6.07) is 10.5. The Morgan fingerprint density at radius 1 is 0.966 bits per heavy atom. The minimum Gasteiger partial charge on any atom is -0.482 e. The van der Waals surface area contributed by atoms with E-state index >= 15 is 0 Å². The molecule has 0 fully saturated rings. The standard InChI is InChI=1S/C20H10BrCl5O3/c21-11-3-1-2-10(8-11)14(27)7-6-12-4-5-13(29-12)9-28-20-18(25)16(23)15(22)17(24)19(20)26/h1-8H,9H2/b7-6+. The predicted octanol–water partition coefficient (Wildman–Crippen LogP) is 8.78. The molecule has 1 aromatic heterocycles. The van der Waals surface area contributed by atoms with Gasteiger partial charge in [0.1, 0.15) is 28.2 Å². The van der Waals surface area contributed by atoms with E-state index in [0.29, 0.717) is 17.1 Å². The van der Waals surface area contributed by atoms with Gasteiger partial charge in [0.2, 0.25) is 0 Å². The molecule has 0 saturated heterocycles. The molecule has 3 aromatic rings. The number of carbonyl (C=O) groups excluding carboxylic acids is 1. The van der Waals surface area contributed by atoms with Gasteiger partial charge < -0.3 is 9.15 Å². The number of halogens is 6. The van der Waals surface area contributed by atoms with Gasteiger partial charge in [0, 0.05) is 10.0 Å². The second-order valence-corrected chi connectivity index (χ2v) is 8.51. The summed E-state index contributed by atoms with van der Waals surface area (Å²) in [5, 5.41) is 0.254. The number of hydrogen-bond acceptors (Lipinski definition) is 3. The molecule has 3 rings (SSSR count). The minimum absolute atomic E-state index is 0.0150. The van der Waals surface area contributed by atoms with Crippen LogP contribution in [0.25, 0.3) is 6.08 Å². The number of rotatable bonds is 6. The average Bonchev–Trinajstić information content (AvgIpc) is 3.17. The van der Waals surface area contributed by atoms with E-state index in [1.54, 1.807) is 36.4 Å². The molecule has 0 aliphatic heterocycles. The molecule has 0 aliphatic carbocycles. The van der Waals surface area contributed by atoms with E-state index in [4.69, 9.17) is 67.2 Å². The minimum atomic E-state index is -0.149. The van der Waals surface area contributed by atoms with Gasteiger partial charge in [-0.1, -0.05) is 86.1 Å². The average molecular weight is 555 g/mol. The lowest BCUT2D eigenvalue weighted by molar-refractivity contribution is 0.104. The van der Waals surface area contributed by atoms with Crippen molar-refractivity contribution in [1.29, 1.82) is 0 Å². The molecule has 0 radical (unpaired) electrons. The van der Waals surface area contributed by atoms with Gasteiger partial charge in [-0.05, 0) is 36.4 Å². The van der Waals surface area contributed by atoms with Crippen molar-refractivity contribution in [2.45, 2.75) is 6.61 Å². The van der Waals surface area contributed by atoms with Crippen molar-refractivity contribution < 1.29 is 13.9 Å². The number of hydrogen-bond donors (Lipinski definition) is 0. The zero-order chi connectivity index (χ0) is 21.1. The Bertz CT molecular complexity index is 1080. The molecule has 9 heteroatoms. The van der Waals surface area contributed by atoms with Gasteiger partial charge in [-0.15, -0.1) is 0 Å². The zero-order valence-corrected chi connectivity index (χ0v) is 19.7. The summed E-state index contributed by atoms with van der Waals surface area (Å²) < 4.78 is 12.1. The van der Waals surface area contributed by atoms with Gasteiger partial charge in [0.05, 0.1) is 15.1 Å². The molecule has 3 nitrogen and oxygen atoms in total. The maximum atomic E-state index is 12.2. The highest BCUT2D eigenvalue weighted by atomic mass is 79.9. The lowest BCUT2D eigenvalue weighted by atomic mass is 10.1. The summed E-state index contributed by atoms with van der Waals surface area (Å²) >= 11 is 33.6. The fourth-order valence-corrected chi connectivity index (χ4v) is 3.94. The lowest BCUT2D eigenvalue weighted by Gasteiger charge is -2.12. The normalized spacial score (nSPS) is 11.2. The van der Waals surface area contributed by atoms with E-state index in [1.165, 1.54) is 6.08 Å². The molecule has 0 saturated carbocycles. The molecule has 0 N–H and O–H groups in total. The van der Waals surface area contributed by atoms with E-state index in [1.807, 2.05) is 6.07 Å². The Kier molecular flexibility index (Phi) is 7.60. The second-order valence-electron chi connectivity index (χ2n) is 5.70. The lowest BCUT2D eigenvalue weighted by Crippen LogP contribution is -1.96. The third kappa shape index (κ3) is 5.32. The summed E-state index contributed by atoms with van der Waals surface area (Å²) in [5.74, 6) is 0.917. The first-order valence-corrected chi connectivity index (χ1v) is 10.7. The van der Waals surface area contributed by atoms with Crippen LogP contribution in [0, 0.1) is 0 Å². The molecule has 0 aliphatic rings. The highest BCUT2D eigenvalue weighted by Crippen LogP contribution is 2.48. The van der Waals surface area contributed by atoms with Crippen molar-refractivity contribution in [2.75, 3.05) is 0 Å². The highest BCUT2D eigenvalue weighted by Gasteiger charge is 2.21. The predicted molar refractivity (Wildman–Crippen MR) is 122 cm³/mol. The first kappa shape index (κ1) is 22.5. The molecule has 0 atom stereocenters. The Morgan fingerprint density at radius 2 is 1.62 bits per heavy atom. The monoisotopic (exact) mass is 552 g/mol. The summed E-state index contributed by atoms with van der Waals surface area (Å²) in [6.45, 7) is 0.0150. The topological polar surface area (TPSA) is 39.4 Å². The number of benzene rings is 2. The van der Waals surface area contributed by atoms with Crippen molar-refractivity contribution >= 4 is 85.8 Å². The number of furan rings is 1. The van der Waals surface area contributed by atoms with Crippen LogP contribution in [-0.4, -0.2) is 5.78 Å². The van der Waals surface area contributed by atoms with Crippen molar-refractivity contribution in [1.82, 2.24) is 0 Å². The van der Waals surface area contributed by atoms with Gasteiger partial charge in [-0.3, -0.25) is 4.79 Å². The second kappa shape index (κ2) is 9.78. The molecule has 0 unspecified atom stereocenters. The SMILES string of the molecule is O=C(/C=C/c1ccc(COc2c(Cl)c(Cl)c(Cl)c(Cl)c2Cl)o1)c1cccc(Br)c1. The smallest absolute Gasteiger partial charge is 0.186 e. The number of ketones is 1. The first-order chi connectivity index (χ1) is 13.8. The van der Waals surface area contributed by atoms with Gasteiger partial charge >= 0.3 is 0 Å². The van der Waals surface area contributed by atoms with Gasteiger partial charge in [-0.25, -0.2) is 0 Å². The van der Waals surface area contributed by atoms with Crippen LogP contribution in [0.5, 0.6) is 5.75 Å².